The van der Waals surface area contributed by atoms with Crippen LogP contribution >= 0.6 is 0 Å². The molecule has 0 unspecified atom stereocenters. The topological polar surface area (TPSA) is 87.2 Å². The first-order chi connectivity index (χ1) is 15.0. The Balaban J connectivity index is 1.43. The number of anilines is 1. The summed E-state index contributed by atoms with van der Waals surface area (Å²) in [7, 11) is 1.28. The Kier molecular flexibility index (Phi) is 5.70. The molecular formula is C23H23N3O5. The first-order valence-electron chi connectivity index (χ1n) is 10.2. The zero-order valence-electron chi connectivity index (χ0n) is 17.2. The molecule has 0 aliphatic carbocycles. The quantitative estimate of drug-likeness (QED) is 0.559. The molecule has 4 rings (SSSR count). The van der Waals surface area contributed by atoms with Gasteiger partial charge in [-0.1, -0.05) is 30.3 Å². The minimum Gasteiger partial charge on any atom is -0.465 e. The predicted octanol–water partition coefficient (Wildman–Crippen LogP) is 2.55. The van der Waals surface area contributed by atoms with Crippen LogP contribution in [0, 0.1) is 0 Å². The van der Waals surface area contributed by atoms with Gasteiger partial charge in [0.05, 0.1) is 23.9 Å². The van der Waals surface area contributed by atoms with E-state index < -0.39 is 5.97 Å². The minimum absolute atomic E-state index is 0.0392. The second-order valence-corrected chi connectivity index (χ2v) is 7.54. The number of esters is 1. The highest BCUT2D eigenvalue weighted by molar-refractivity contribution is 6.19. The van der Waals surface area contributed by atoms with E-state index in [9.17, 15) is 19.2 Å². The van der Waals surface area contributed by atoms with Gasteiger partial charge in [0.15, 0.2) is 0 Å². The van der Waals surface area contributed by atoms with Crippen molar-refractivity contribution in [2.75, 3.05) is 31.6 Å². The maximum Gasteiger partial charge on any atom is 0.338 e. The van der Waals surface area contributed by atoms with E-state index in [1.807, 2.05) is 6.07 Å². The van der Waals surface area contributed by atoms with E-state index in [0.717, 1.165) is 0 Å². The number of piperidine rings is 1. The molecule has 2 aliphatic rings. The molecule has 160 valence electrons. The van der Waals surface area contributed by atoms with Crippen molar-refractivity contribution < 1.29 is 23.9 Å². The van der Waals surface area contributed by atoms with Gasteiger partial charge in [-0.05, 0) is 37.1 Å². The number of benzene rings is 2. The number of ether oxygens (including phenoxy) is 1. The monoisotopic (exact) mass is 421 g/mol. The van der Waals surface area contributed by atoms with Gasteiger partial charge in [0.1, 0.15) is 6.54 Å². The van der Waals surface area contributed by atoms with Crippen LogP contribution in [-0.2, 0) is 9.53 Å². The fourth-order valence-electron chi connectivity index (χ4n) is 4.14. The van der Waals surface area contributed by atoms with Crippen LogP contribution in [-0.4, -0.2) is 66.4 Å². The largest absolute Gasteiger partial charge is 0.465 e. The highest BCUT2D eigenvalue weighted by Gasteiger charge is 2.42. The fourth-order valence-corrected chi connectivity index (χ4v) is 4.14. The number of para-hydroxylation sites is 1. The summed E-state index contributed by atoms with van der Waals surface area (Å²) >= 11 is 0. The zero-order chi connectivity index (χ0) is 22.0. The maximum atomic E-state index is 13.0. The van der Waals surface area contributed by atoms with E-state index >= 15 is 0 Å². The van der Waals surface area contributed by atoms with Gasteiger partial charge in [0.2, 0.25) is 0 Å². The summed E-state index contributed by atoms with van der Waals surface area (Å²) in [5.41, 5.74) is 1.10. The van der Waals surface area contributed by atoms with E-state index in [0.29, 0.717) is 37.2 Å². The summed E-state index contributed by atoms with van der Waals surface area (Å²) in [4.78, 5) is 54.9. The average molecular weight is 421 g/mol. The molecule has 0 bridgehead atoms. The minimum atomic E-state index is -0.555. The van der Waals surface area contributed by atoms with Crippen LogP contribution in [0.25, 0.3) is 0 Å². The number of methoxy groups -OCH3 is 1. The molecule has 0 saturated carbocycles. The number of urea groups is 1. The molecule has 0 N–H and O–H groups in total. The SMILES string of the molecule is COC(=O)c1ccccc1C(=O)N1CCC(N2CC(=O)N(c3ccccc3)C2=O)CC1. The molecule has 0 aromatic heterocycles. The number of carbonyl (C=O) groups is 4. The first-order valence-corrected chi connectivity index (χ1v) is 10.2. The molecule has 4 amide bonds. The number of amides is 4. The Bertz CT molecular complexity index is 1010. The van der Waals surface area contributed by atoms with Crippen LogP contribution in [0.15, 0.2) is 54.6 Å². The lowest BCUT2D eigenvalue weighted by molar-refractivity contribution is -0.116. The van der Waals surface area contributed by atoms with E-state index in [-0.39, 0.29) is 36.0 Å². The van der Waals surface area contributed by atoms with E-state index in [1.54, 1.807) is 58.3 Å². The molecule has 0 spiro atoms. The normalized spacial score (nSPS) is 17.3. The van der Waals surface area contributed by atoms with Gasteiger partial charge >= 0.3 is 12.0 Å². The summed E-state index contributed by atoms with van der Waals surface area (Å²) < 4.78 is 4.78. The fraction of sp³-hybridized carbons (Fsp3) is 0.304. The molecule has 2 aliphatic heterocycles. The second kappa shape index (κ2) is 8.59. The van der Waals surface area contributed by atoms with Gasteiger partial charge in [-0.3, -0.25) is 9.59 Å². The van der Waals surface area contributed by atoms with Gasteiger partial charge in [-0.25, -0.2) is 14.5 Å². The third-order valence-electron chi connectivity index (χ3n) is 5.76. The average Bonchev–Trinajstić information content (AvgIpc) is 3.12. The van der Waals surface area contributed by atoms with Crippen LogP contribution in [0.1, 0.15) is 33.6 Å². The number of hydrogen-bond donors (Lipinski definition) is 0. The summed E-state index contributed by atoms with van der Waals surface area (Å²) in [6.45, 7) is 0.905. The summed E-state index contributed by atoms with van der Waals surface area (Å²) in [5, 5.41) is 0. The van der Waals surface area contributed by atoms with Crippen LogP contribution in [0.3, 0.4) is 0 Å². The zero-order valence-corrected chi connectivity index (χ0v) is 17.2. The molecule has 2 aromatic carbocycles. The number of rotatable bonds is 4. The standard InChI is InChI=1S/C23H23N3O5/c1-31-22(29)19-10-6-5-9-18(19)21(28)24-13-11-16(12-14-24)25-15-20(27)26(23(25)30)17-7-3-2-4-8-17/h2-10,16H,11-15H2,1H3. The maximum absolute atomic E-state index is 13.0. The number of imide groups is 1. The highest BCUT2D eigenvalue weighted by atomic mass is 16.5. The van der Waals surface area contributed by atoms with Crippen LogP contribution < -0.4 is 4.90 Å². The van der Waals surface area contributed by atoms with Crippen LogP contribution in [0.2, 0.25) is 0 Å². The van der Waals surface area contributed by atoms with Gasteiger partial charge in [-0.15, -0.1) is 0 Å². The third kappa shape index (κ3) is 3.88. The third-order valence-corrected chi connectivity index (χ3v) is 5.76. The predicted molar refractivity (Wildman–Crippen MR) is 113 cm³/mol. The van der Waals surface area contributed by atoms with Crippen molar-refractivity contribution in [2.45, 2.75) is 18.9 Å². The van der Waals surface area contributed by atoms with E-state index in [1.165, 1.54) is 12.0 Å². The molecule has 8 nitrogen and oxygen atoms in total. The number of carbonyl (C=O) groups excluding carboxylic acids is 4. The molecule has 8 heteroatoms. The molecule has 2 heterocycles. The van der Waals surface area contributed by atoms with Gasteiger partial charge in [-0.2, -0.15) is 0 Å². The molecule has 2 fully saturated rings. The van der Waals surface area contributed by atoms with Crippen LogP contribution in [0.4, 0.5) is 10.5 Å². The van der Waals surface area contributed by atoms with Gasteiger partial charge in [0.25, 0.3) is 11.8 Å². The van der Waals surface area contributed by atoms with Gasteiger partial charge < -0.3 is 14.5 Å². The summed E-state index contributed by atoms with van der Waals surface area (Å²) in [6, 6.07) is 15.0. The number of likely N-dealkylation sites (tertiary alicyclic amines) is 1. The van der Waals surface area contributed by atoms with Gasteiger partial charge in [0, 0.05) is 19.1 Å². The van der Waals surface area contributed by atoms with Crippen molar-refractivity contribution >= 4 is 29.5 Å². The first kappa shape index (κ1) is 20.6. The van der Waals surface area contributed by atoms with E-state index in [4.69, 9.17) is 4.74 Å². The Morgan fingerprint density at radius 2 is 1.52 bits per heavy atom. The Labute approximate surface area is 180 Å². The molecule has 2 saturated heterocycles. The number of hydrogen-bond acceptors (Lipinski definition) is 5. The lowest BCUT2D eigenvalue weighted by atomic mass is 10.0. The van der Waals surface area contributed by atoms with Crippen molar-refractivity contribution in [3.8, 4) is 0 Å². The Morgan fingerprint density at radius 1 is 0.903 bits per heavy atom. The highest BCUT2D eigenvalue weighted by Crippen LogP contribution is 2.27. The summed E-state index contributed by atoms with van der Waals surface area (Å²) in [6.07, 6.45) is 1.13. The molecule has 2 aromatic rings. The molecular weight excluding hydrogens is 398 g/mol. The van der Waals surface area contributed by atoms with E-state index in [2.05, 4.69) is 0 Å². The Hall–Kier alpha value is -3.68. The van der Waals surface area contributed by atoms with Crippen molar-refractivity contribution in [3.05, 3.63) is 65.7 Å². The lowest BCUT2D eigenvalue weighted by Crippen LogP contribution is -2.48. The Morgan fingerprint density at radius 3 is 2.16 bits per heavy atom. The van der Waals surface area contributed by atoms with Crippen molar-refractivity contribution in [1.82, 2.24) is 9.80 Å². The molecule has 0 radical (unpaired) electrons. The smallest absolute Gasteiger partial charge is 0.338 e. The molecule has 31 heavy (non-hydrogen) atoms. The van der Waals surface area contributed by atoms with Crippen molar-refractivity contribution in [2.24, 2.45) is 0 Å². The second-order valence-electron chi connectivity index (χ2n) is 7.54. The number of nitrogens with zero attached hydrogens (tertiary/aromatic N) is 3. The van der Waals surface area contributed by atoms with Crippen molar-refractivity contribution in [3.63, 3.8) is 0 Å². The van der Waals surface area contributed by atoms with Crippen LogP contribution in [0.5, 0.6) is 0 Å². The molecule has 0 atom stereocenters. The summed E-state index contributed by atoms with van der Waals surface area (Å²) in [5.74, 6) is -1.04. The van der Waals surface area contributed by atoms with Crippen molar-refractivity contribution in [1.29, 1.82) is 0 Å². The lowest BCUT2D eigenvalue weighted by Gasteiger charge is -2.36.